The lowest BCUT2D eigenvalue weighted by Crippen LogP contribution is -2.30. The molecule has 0 bridgehead atoms. The van der Waals surface area contributed by atoms with Crippen LogP contribution in [-0.2, 0) is 0 Å². The van der Waals surface area contributed by atoms with Crippen LogP contribution in [0.15, 0.2) is 24.3 Å². The number of hydrogen-bond donors (Lipinski definition) is 0. The molecule has 1 heterocycles. The minimum Gasteiger partial charge on any atom is -0.350 e. The van der Waals surface area contributed by atoms with E-state index in [1.165, 1.54) is 4.70 Å². The van der Waals surface area contributed by atoms with E-state index in [9.17, 15) is 0 Å². The maximum atomic E-state index is 4.64. The Morgan fingerprint density at radius 3 is 2.65 bits per heavy atom. The Kier molecular flexibility index (Phi) is 3.97. The van der Waals surface area contributed by atoms with Crippen molar-refractivity contribution in [1.29, 1.82) is 0 Å². The highest BCUT2D eigenvalue weighted by atomic mass is 32.1. The molecule has 0 aliphatic carbocycles. The molecule has 1 aromatic carbocycles. The fourth-order valence-electron chi connectivity index (χ4n) is 1.60. The minimum atomic E-state index is 1.02. The molecule has 0 N–H and O–H groups in total. The van der Waals surface area contributed by atoms with Gasteiger partial charge in [0.05, 0.1) is 10.2 Å². The Bertz CT molecular complexity index is 447. The molecule has 0 unspecified atom stereocenters. The first-order valence-corrected chi connectivity index (χ1v) is 6.77. The van der Waals surface area contributed by atoms with Gasteiger partial charge in [0.1, 0.15) is 0 Å². The molecule has 1 aromatic heterocycles. The molecule has 3 nitrogen and oxygen atoms in total. The number of benzene rings is 1. The smallest absolute Gasteiger partial charge is 0.186 e. The summed E-state index contributed by atoms with van der Waals surface area (Å²) in [5.74, 6) is 0. The summed E-state index contributed by atoms with van der Waals surface area (Å²) in [5, 5.41) is 1.11. The maximum absolute atomic E-state index is 4.64. The van der Waals surface area contributed by atoms with Gasteiger partial charge in [0, 0.05) is 20.1 Å². The molecule has 2 aromatic rings. The predicted octanol–water partition coefficient (Wildman–Crippen LogP) is 2.68. The van der Waals surface area contributed by atoms with Crippen LogP contribution in [-0.4, -0.2) is 43.6 Å². The molecule has 0 amide bonds. The Balaban J connectivity index is 2.06. The Morgan fingerprint density at radius 1 is 1.18 bits per heavy atom. The summed E-state index contributed by atoms with van der Waals surface area (Å²) in [4.78, 5) is 9.18. The van der Waals surface area contributed by atoms with Gasteiger partial charge in [-0.25, -0.2) is 4.98 Å². The van der Waals surface area contributed by atoms with Crippen molar-refractivity contribution in [1.82, 2.24) is 9.88 Å². The largest absolute Gasteiger partial charge is 0.350 e. The number of anilines is 1. The summed E-state index contributed by atoms with van der Waals surface area (Å²) in [7, 11) is 4.26. The first-order chi connectivity index (χ1) is 8.20. The summed E-state index contributed by atoms with van der Waals surface area (Å²) in [6.45, 7) is 5.36. The molecule has 0 saturated carbocycles. The molecular formula is C13H19N3S. The highest BCUT2D eigenvalue weighted by Crippen LogP contribution is 2.27. The normalized spacial score (nSPS) is 11.3. The van der Waals surface area contributed by atoms with E-state index in [2.05, 4.69) is 54.0 Å². The monoisotopic (exact) mass is 249 g/mol. The zero-order valence-corrected chi connectivity index (χ0v) is 11.5. The second-order valence-corrected chi connectivity index (χ2v) is 5.29. The topological polar surface area (TPSA) is 19.4 Å². The highest BCUT2D eigenvalue weighted by molar-refractivity contribution is 7.22. The number of fused-ring (bicyclic) bond motifs is 1. The van der Waals surface area contributed by atoms with Gasteiger partial charge >= 0.3 is 0 Å². The van der Waals surface area contributed by atoms with Crippen LogP contribution in [0.1, 0.15) is 6.92 Å². The molecule has 4 heteroatoms. The summed E-state index contributed by atoms with van der Waals surface area (Å²) < 4.78 is 1.26. The van der Waals surface area contributed by atoms with Crippen LogP contribution in [0.4, 0.5) is 5.13 Å². The van der Waals surface area contributed by atoms with E-state index >= 15 is 0 Å². The van der Waals surface area contributed by atoms with Gasteiger partial charge in [0.2, 0.25) is 0 Å². The van der Waals surface area contributed by atoms with Crippen molar-refractivity contribution in [3.8, 4) is 0 Å². The van der Waals surface area contributed by atoms with Gasteiger partial charge in [-0.2, -0.15) is 0 Å². The van der Waals surface area contributed by atoms with Crippen molar-refractivity contribution in [3.05, 3.63) is 24.3 Å². The summed E-state index contributed by atoms with van der Waals surface area (Å²) in [6, 6.07) is 8.30. The van der Waals surface area contributed by atoms with Crippen molar-refractivity contribution in [2.24, 2.45) is 0 Å². The minimum absolute atomic E-state index is 1.02. The molecule has 0 radical (unpaired) electrons. The van der Waals surface area contributed by atoms with Gasteiger partial charge in [-0.1, -0.05) is 30.4 Å². The van der Waals surface area contributed by atoms with Gasteiger partial charge in [0.25, 0.3) is 0 Å². The zero-order chi connectivity index (χ0) is 12.3. The number of para-hydroxylation sites is 1. The van der Waals surface area contributed by atoms with Crippen LogP contribution in [0.2, 0.25) is 0 Å². The van der Waals surface area contributed by atoms with E-state index in [0.717, 1.165) is 30.3 Å². The average Bonchev–Trinajstić information content (AvgIpc) is 2.79. The lowest BCUT2D eigenvalue weighted by molar-refractivity contribution is 0.360. The molecule has 2 rings (SSSR count). The molecular weight excluding hydrogens is 230 g/mol. The summed E-state index contributed by atoms with van der Waals surface area (Å²) >= 11 is 1.76. The molecule has 92 valence electrons. The summed E-state index contributed by atoms with van der Waals surface area (Å²) in [6.07, 6.45) is 0. The lowest BCUT2D eigenvalue weighted by atomic mass is 10.3. The maximum Gasteiger partial charge on any atom is 0.186 e. The third-order valence-corrected chi connectivity index (χ3v) is 4.12. The number of aromatic nitrogens is 1. The number of hydrogen-bond acceptors (Lipinski definition) is 4. The SMILES string of the molecule is CCN(C)CCN(C)c1nc2ccccc2s1. The third kappa shape index (κ3) is 2.96. The van der Waals surface area contributed by atoms with Crippen molar-refractivity contribution < 1.29 is 0 Å². The standard InChI is InChI=1S/C13H19N3S/c1-4-15(2)9-10-16(3)13-14-11-7-5-6-8-12(11)17-13/h5-8H,4,9-10H2,1-3H3. The van der Waals surface area contributed by atoms with Crippen LogP contribution < -0.4 is 4.90 Å². The van der Waals surface area contributed by atoms with Gasteiger partial charge in [-0.3, -0.25) is 0 Å². The van der Waals surface area contributed by atoms with E-state index in [1.54, 1.807) is 11.3 Å². The second-order valence-electron chi connectivity index (χ2n) is 4.28. The van der Waals surface area contributed by atoms with Crippen molar-refractivity contribution >= 4 is 26.7 Å². The van der Waals surface area contributed by atoms with E-state index < -0.39 is 0 Å². The first kappa shape index (κ1) is 12.3. The van der Waals surface area contributed by atoms with E-state index in [1.807, 2.05) is 6.07 Å². The quantitative estimate of drug-likeness (QED) is 0.812. The number of nitrogens with zero attached hydrogens (tertiary/aromatic N) is 3. The average molecular weight is 249 g/mol. The van der Waals surface area contributed by atoms with E-state index in [-0.39, 0.29) is 0 Å². The Morgan fingerprint density at radius 2 is 1.94 bits per heavy atom. The molecule has 0 fully saturated rings. The van der Waals surface area contributed by atoms with Crippen LogP contribution >= 0.6 is 11.3 Å². The van der Waals surface area contributed by atoms with E-state index in [0.29, 0.717) is 0 Å². The fourth-order valence-corrected chi connectivity index (χ4v) is 2.55. The Hall–Kier alpha value is -1.13. The van der Waals surface area contributed by atoms with Crippen LogP contribution in [0.3, 0.4) is 0 Å². The predicted molar refractivity (Wildman–Crippen MR) is 76.1 cm³/mol. The number of thiazole rings is 1. The van der Waals surface area contributed by atoms with Crippen molar-refractivity contribution in [2.45, 2.75) is 6.92 Å². The van der Waals surface area contributed by atoms with Gasteiger partial charge in [-0.15, -0.1) is 0 Å². The van der Waals surface area contributed by atoms with Gasteiger partial charge < -0.3 is 9.80 Å². The molecule has 0 aliphatic rings. The van der Waals surface area contributed by atoms with Crippen LogP contribution in [0.25, 0.3) is 10.2 Å². The van der Waals surface area contributed by atoms with Gasteiger partial charge in [-0.05, 0) is 25.7 Å². The molecule has 0 saturated heterocycles. The third-order valence-electron chi connectivity index (χ3n) is 2.97. The molecule has 17 heavy (non-hydrogen) atoms. The second kappa shape index (κ2) is 5.47. The first-order valence-electron chi connectivity index (χ1n) is 5.96. The Labute approximate surface area is 107 Å². The highest BCUT2D eigenvalue weighted by Gasteiger charge is 2.08. The molecule has 0 atom stereocenters. The summed E-state index contributed by atoms with van der Waals surface area (Å²) in [5.41, 5.74) is 1.10. The van der Waals surface area contributed by atoms with Crippen LogP contribution in [0.5, 0.6) is 0 Å². The molecule has 0 spiro atoms. The zero-order valence-electron chi connectivity index (χ0n) is 10.7. The van der Waals surface area contributed by atoms with Gasteiger partial charge in [0.15, 0.2) is 5.13 Å². The van der Waals surface area contributed by atoms with Crippen LogP contribution in [0, 0.1) is 0 Å². The van der Waals surface area contributed by atoms with E-state index in [4.69, 9.17) is 0 Å². The van der Waals surface area contributed by atoms with Crippen molar-refractivity contribution in [2.75, 3.05) is 38.6 Å². The number of rotatable bonds is 5. The fraction of sp³-hybridized carbons (Fsp3) is 0.462. The lowest BCUT2D eigenvalue weighted by Gasteiger charge is -2.20. The van der Waals surface area contributed by atoms with Crippen molar-refractivity contribution in [3.63, 3.8) is 0 Å². The number of likely N-dealkylation sites (N-methyl/N-ethyl adjacent to an activating group) is 2. The molecule has 0 aliphatic heterocycles.